The Balaban J connectivity index is 1.93. The lowest BCUT2D eigenvalue weighted by Gasteiger charge is -2.14. The average molecular weight is 274 g/mol. The molecule has 2 unspecified atom stereocenters. The minimum absolute atomic E-state index is 0.143. The minimum Gasteiger partial charge on any atom is -0.459 e. The first kappa shape index (κ1) is 15.8. The summed E-state index contributed by atoms with van der Waals surface area (Å²) in [5.74, 6) is 1.29. The van der Waals surface area contributed by atoms with Gasteiger partial charge in [-0.1, -0.05) is 45.4 Å². The van der Waals surface area contributed by atoms with Crippen molar-refractivity contribution in [1.82, 2.24) is 0 Å². The summed E-state index contributed by atoms with van der Waals surface area (Å²) >= 11 is 1.64. The van der Waals surface area contributed by atoms with Gasteiger partial charge in [0.25, 0.3) is 0 Å². The highest BCUT2D eigenvalue weighted by Gasteiger charge is 2.28. The Morgan fingerprint density at radius 1 is 1.17 bits per heavy atom. The van der Waals surface area contributed by atoms with Crippen molar-refractivity contribution in [3.8, 4) is 0 Å². The van der Waals surface area contributed by atoms with E-state index in [2.05, 4.69) is 6.92 Å². The Morgan fingerprint density at radius 2 is 1.83 bits per heavy atom. The lowest BCUT2D eigenvalue weighted by atomic mass is 10.1. The van der Waals surface area contributed by atoms with Crippen LogP contribution in [0.15, 0.2) is 0 Å². The molecule has 0 radical (unpaired) electrons. The van der Waals surface area contributed by atoms with E-state index in [0.717, 1.165) is 18.6 Å². The summed E-state index contributed by atoms with van der Waals surface area (Å²) in [6, 6.07) is 0. The van der Waals surface area contributed by atoms with Crippen molar-refractivity contribution in [3.63, 3.8) is 0 Å². The highest BCUT2D eigenvalue weighted by molar-refractivity contribution is 7.99. The highest BCUT2D eigenvalue weighted by Crippen LogP contribution is 2.21. The van der Waals surface area contributed by atoms with Crippen LogP contribution in [-0.4, -0.2) is 34.8 Å². The van der Waals surface area contributed by atoms with E-state index in [9.17, 15) is 9.90 Å². The Hall–Kier alpha value is -0.220. The molecule has 1 heterocycles. The van der Waals surface area contributed by atoms with Gasteiger partial charge in [-0.3, -0.25) is 4.79 Å². The molecule has 0 aromatic rings. The molecule has 0 spiro atoms. The molecule has 3 nitrogen and oxygen atoms in total. The van der Waals surface area contributed by atoms with Crippen molar-refractivity contribution in [3.05, 3.63) is 0 Å². The summed E-state index contributed by atoms with van der Waals surface area (Å²) in [7, 11) is 0. The van der Waals surface area contributed by atoms with E-state index in [1.54, 1.807) is 11.8 Å². The molecule has 1 N–H and O–H groups in total. The van der Waals surface area contributed by atoms with Gasteiger partial charge >= 0.3 is 5.97 Å². The van der Waals surface area contributed by atoms with Gasteiger partial charge in [-0.2, -0.15) is 11.8 Å². The molecule has 18 heavy (non-hydrogen) atoms. The number of ether oxygens (including phenoxy) is 1. The van der Waals surface area contributed by atoms with Crippen molar-refractivity contribution in [2.75, 3.05) is 11.5 Å². The van der Waals surface area contributed by atoms with Gasteiger partial charge in [-0.25, -0.2) is 0 Å². The van der Waals surface area contributed by atoms with Crippen LogP contribution in [0.1, 0.15) is 58.3 Å². The summed E-state index contributed by atoms with van der Waals surface area (Å²) < 4.78 is 5.26. The quantitative estimate of drug-likeness (QED) is 0.518. The SMILES string of the molecule is CCCCCCCCCC(=O)OC1CSCC1O. The summed E-state index contributed by atoms with van der Waals surface area (Å²) in [6.45, 7) is 2.21. The fraction of sp³-hybridized carbons (Fsp3) is 0.929. The second-order valence-corrected chi connectivity index (χ2v) is 6.08. The van der Waals surface area contributed by atoms with E-state index in [-0.39, 0.29) is 12.1 Å². The number of aliphatic hydroxyl groups is 1. The molecule has 106 valence electrons. The fourth-order valence-electron chi connectivity index (χ4n) is 2.09. The zero-order chi connectivity index (χ0) is 13.2. The van der Waals surface area contributed by atoms with E-state index in [0.29, 0.717) is 12.2 Å². The Labute approximate surface area is 115 Å². The minimum atomic E-state index is -0.465. The Kier molecular flexibility index (Phi) is 8.51. The molecule has 2 atom stereocenters. The summed E-state index contributed by atoms with van der Waals surface area (Å²) in [6.07, 6.45) is 8.19. The molecular weight excluding hydrogens is 248 g/mol. The van der Waals surface area contributed by atoms with Crippen molar-refractivity contribution in [1.29, 1.82) is 0 Å². The maximum absolute atomic E-state index is 11.5. The molecule has 1 aliphatic heterocycles. The zero-order valence-corrected chi connectivity index (χ0v) is 12.2. The maximum Gasteiger partial charge on any atom is 0.306 e. The van der Waals surface area contributed by atoms with Gasteiger partial charge in [0.2, 0.25) is 0 Å². The summed E-state index contributed by atoms with van der Waals surface area (Å²) in [5.41, 5.74) is 0. The van der Waals surface area contributed by atoms with Crippen LogP contribution in [0.3, 0.4) is 0 Å². The molecule has 1 rings (SSSR count). The van der Waals surface area contributed by atoms with Crippen LogP contribution in [0, 0.1) is 0 Å². The van der Waals surface area contributed by atoms with E-state index in [1.807, 2.05) is 0 Å². The number of hydrogen-bond donors (Lipinski definition) is 1. The van der Waals surface area contributed by atoms with Crippen molar-refractivity contribution < 1.29 is 14.6 Å². The fourth-order valence-corrected chi connectivity index (χ4v) is 3.20. The molecule has 4 heteroatoms. The third kappa shape index (κ3) is 6.64. The van der Waals surface area contributed by atoms with Crippen LogP contribution >= 0.6 is 11.8 Å². The van der Waals surface area contributed by atoms with Crippen LogP contribution in [0.25, 0.3) is 0 Å². The second kappa shape index (κ2) is 9.68. The number of hydrogen-bond acceptors (Lipinski definition) is 4. The van der Waals surface area contributed by atoms with E-state index in [1.165, 1.54) is 32.1 Å². The number of carbonyl (C=O) groups excluding carboxylic acids is 1. The van der Waals surface area contributed by atoms with Gasteiger partial charge in [0.05, 0.1) is 0 Å². The van der Waals surface area contributed by atoms with Gasteiger partial charge in [0.15, 0.2) is 0 Å². The number of unbranched alkanes of at least 4 members (excludes halogenated alkanes) is 6. The molecular formula is C14H26O3S. The van der Waals surface area contributed by atoms with E-state index in [4.69, 9.17) is 4.74 Å². The molecule has 0 saturated carbocycles. The summed E-state index contributed by atoms with van der Waals surface area (Å²) in [4.78, 5) is 11.5. The third-order valence-electron chi connectivity index (χ3n) is 3.27. The van der Waals surface area contributed by atoms with Crippen LogP contribution in [0.5, 0.6) is 0 Å². The lowest BCUT2D eigenvalue weighted by molar-refractivity contribution is -0.152. The number of rotatable bonds is 9. The van der Waals surface area contributed by atoms with Gasteiger partial charge in [-0.05, 0) is 6.42 Å². The predicted octanol–water partition coefficient (Wildman–Crippen LogP) is 3.15. The van der Waals surface area contributed by atoms with Gasteiger partial charge < -0.3 is 9.84 Å². The smallest absolute Gasteiger partial charge is 0.306 e. The molecule has 0 amide bonds. The standard InChI is InChI=1S/C14H26O3S/c1-2-3-4-5-6-7-8-9-14(16)17-13-11-18-10-12(13)15/h12-13,15H,2-11H2,1H3. The monoisotopic (exact) mass is 274 g/mol. The first-order valence-corrected chi connectivity index (χ1v) is 8.34. The topological polar surface area (TPSA) is 46.5 Å². The molecule has 0 aromatic heterocycles. The molecule has 1 saturated heterocycles. The first-order valence-electron chi connectivity index (χ1n) is 7.19. The van der Waals surface area contributed by atoms with Crippen molar-refractivity contribution in [2.24, 2.45) is 0 Å². The molecule has 0 aromatic carbocycles. The largest absolute Gasteiger partial charge is 0.459 e. The van der Waals surface area contributed by atoms with Gasteiger partial charge in [-0.15, -0.1) is 0 Å². The third-order valence-corrected chi connectivity index (χ3v) is 4.41. The number of carbonyl (C=O) groups is 1. The Morgan fingerprint density at radius 3 is 2.44 bits per heavy atom. The first-order chi connectivity index (χ1) is 8.74. The molecule has 1 aliphatic rings. The zero-order valence-electron chi connectivity index (χ0n) is 11.4. The van der Waals surface area contributed by atoms with Gasteiger partial charge in [0, 0.05) is 17.9 Å². The van der Waals surface area contributed by atoms with Crippen LogP contribution in [0.2, 0.25) is 0 Å². The Bertz CT molecular complexity index is 233. The van der Waals surface area contributed by atoms with Crippen LogP contribution in [0.4, 0.5) is 0 Å². The second-order valence-electron chi connectivity index (χ2n) is 5.00. The van der Waals surface area contributed by atoms with Gasteiger partial charge in [0.1, 0.15) is 12.2 Å². The average Bonchev–Trinajstić information content (AvgIpc) is 2.74. The maximum atomic E-state index is 11.5. The summed E-state index contributed by atoms with van der Waals surface area (Å²) in [5, 5.41) is 9.53. The predicted molar refractivity (Wildman–Crippen MR) is 75.8 cm³/mol. The molecule has 1 fully saturated rings. The van der Waals surface area contributed by atoms with Crippen LogP contribution in [-0.2, 0) is 9.53 Å². The van der Waals surface area contributed by atoms with Crippen molar-refractivity contribution >= 4 is 17.7 Å². The number of aliphatic hydroxyl groups excluding tert-OH is 1. The van der Waals surface area contributed by atoms with Crippen LogP contribution < -0.4 is 0 Å². The molecule has 0 bridgehead atoms. The highest BCUT2D eigenvalue weighted by atomic mass is 32.2. The van der Waals surface area contributed by atoms with E-state index < -0.39 is 6.10 Å². The van der Waals surface area contributed by atoms with E-state index >= 15 is 0 Å². The lowest BCUT2D eigenvalue weighted by Crippen LogP contribution is -2.29. The molecule has 0 aliphatic carbocycles. The van der Waals surface area contributed by atoms with Crippen molar-refractivity contribution in [2.45, 2.75) is 70.5 Å². The normalized spacial score (nSPS) is 23.2. The number of esters is 1. The number of thioether (sulfide) groups is 1.